The molecule has 3 heterocycles. The lowest BCUT2D eigenvalue weighted by atomic mass is 10.2. The van der Waals surface area contributed by atoms with Crippen LogP contribution < -0.4 is 21.9 Å². The van der Waals surface area contributed by atoms with E-state index >= 15 is 0 Å². The second-order valence-electron chi connectivity index (χ2n) is 7.76. The van der Waals surface area contributed by atoms with Crippen LogP contribution in [0.1, 0.15) is 41.8 Å². The van der Waals surface area contributed by atoms with Crippen LogP contribution in [0.4, 0.5) is 11.5 Å². The number of carbonyl (C=O) groups excluding carboxylic acids is 1. The first kappa shape index (κ1) is 22.8. The molecule has 0 aliphatic rings. The fourth-order valence-corrected chi connectivity index (χ4v) is 3.61. The molecular formula is C24H25N5O5. The van der Waals surface area contributed by atoms with Crippen molar-refractivity contribution in [2.75, 3.05) is 10.6 Å². The molecule has 4 rings (SSSR count). The number of aromatic amines is 1. The molecular weight excluding hydrogens is 438 g/mol. The monoisotopic (exact) mass is 463 g/mol. The number of aryl methyl sites for hydroxylation is 1. The van der Waals surface area contributed by atoms with Crippen LogP contribution >= 0.6 is 0 Å². The van der Waals surface area contributed by atoms with Crippen molar-refractivity contribution in [3.8, 4) is 11.5 Å². The smallest absolute Gasteiger partial charge is 0.330 e. The van der Waals surface area contributed by atoms with Crippen LogP contribution in [0.2, 0.25) is 0 Å². The number of benzene rings is 1. The van der Waals surface area contributed by atoms with E-state index in [1.807, 2.05) is 37.3 Å². The van der Waals surface area contributed by atoms with Crippen LogP contribution in [-0.2, 0) is 13.1 Å². The van der Waals surface area contributed by atoms with Gasteiger partial charge in [0.1, 0.15) is 17.3 Å². The number of rotatable bonds is 8. The number of hydrogen-bond acceptors (Lipinski definition) is 7. The second kappa shape index (κ2) is 9.65. The van der Waals surface area contributed by atoms with Gasteiger partial charge in [0.2, 0.25) is 5.89 Å². The van der Waals surface area contributed by atoms with Gasteiger partial charge in [0, 0.05) is 12.1 Å². The van der Waals surface area contributed by atoms with E-state index in [1.54, 1.807) is 19.1 Å². The molecule has 0 atom stereocenters. The molecule has 3 N–H and O–H groups in total. The molecule has 176 valence electrons. The second-order valence-corrected chi connectivity index (χ2v) is 7.76. The Balaban J connectivity index is 1.83. The van der Waals surface area contributed by atoms with Gasteiger partial charge >= 0.3 is 5.69 Å². The number of aromatic nitrogens is 3. The van der Waals surface area contributed by atoms with Crippen LogP contribution in [0.15, 0.2) is 67.2 Å². The van der Waals surface area contributed by atoms with Gasteiger partial charge in [0.15, 0.2) is 11.4 Å². The summed E-state index contributed by atoms with van der Waals surface area (Å²) in [6.07, 6.45) is 2.95. The fraction of sp³-hybridized carbons (Fsp3) is 0.250. The summed E-state index contributed by atoms with van der Waals surface area (Å²) >= 11 is 0. The topological polar surface area (TPSA) is 140 Å². The molecule has 4 aromatic rings. The molecule has 3 aromatic heterocycles. The minimum Gasteiger partial charge on any atom is -0.467 e. The quantitative estimate of drug-likeness (QED) is 0.408. The molecule has 0 saturated carbocycles. The van der Waals surface area contributed by atoms with Crippen LogP contribution in [0, 0.1) is 6.92 Å². The Labute approximate surface area is 194 Å². The number of hydrogen-bond donors (Lipinski definition) is 2. The molecule has 0 spiro atoms. The van der Waals surface area contributed by atoms with E-state index in [9.17, 15) is 14.4 Å². The highest BCUT2D eigenvalue weighted by Gasteiger charge is 2.30. The van der Waals surface area contributed by atoms with E-state index in [2.05, 4.69) is 9.97 Å². The maximum absolute atomic E-state index is 13.7. The maximum Gasteiger partial charge on any atom is 0.330 e. The maximum atomic E-state index is 13.7. The first-order valence-corrected chi connectivity index (χ1v) is 10.9. The molecule has 0 unspecified atom stereocenters. The lowest BCUT2D eigenvalue weighted by Crippen LogP contribution is -2.41. The Morgan fingerprint density at radius 2 is 1.94 bits per heavy atom. The fourth-order valence-electron chi connectivity index (χ4n) is 3.61. The lowest BCUT2D eigenvalue weighted by molar-refractivity contribution is 0.0977. The average molecular weight is 463 g/mol. The van der Waals surface area contributed by atoms with Gasteiger partial charge in [-0.15, -0.1) is 0 Å². The Morgan fingerprint density at radius 1 is 1.18 bits per heavy atom. The number of oxazole rings is 1. The average Bonchev–Trinajstić information content (AvgIpc) is 3.48. The van der Waals surface area contributed by atoms with Crippen molar-refractivity contribution in [3.63, 3.8) is 0 Å². The Bertz CT molecular complexity index is 1400. The van der Waals surface area contributed by atoms with Crippen LogP contribution in [-0.4, -0.2) is 20.4 Å². The summed E-state index contributed by atoms with van der Waals surface area (Å²) in [5.74, 6) is 0.254. The molecule has 0 radical (unpaired) electrons. The number of amides is 1. The minimum atomic E-state index is -0.778. The number of unbranched alkanes of at least 4 members (excludes halogenated alkanes) is 1. The number of nitrogens with two attached hydrogens (primary N) is 1. The lowest BCUT2D eigenvalue weighted by Gasteiger charge is -2.23. The third-order valence-electron chi connectivity index (χ3n) is 5.38. The molecule has 34 heavy (non-hydrogen) atoms. The number of H-pyrrole nitrogens is 1. The number of carbonyl (C=O) groups is 1. The highest BCUT2D eigenvalue weighted by Crippen LogP contribution is 2.26. The normalized spacial score (nSPS) is 11.0. The zero-order chi connectivity index (χ0) is 24.2. The molecule has 10 heteroatoms. The van der Waals surface area contributed by atoms with Gasteiger partial charge in [-0.1, -0.05) is 31.5 Å². The van der Waals surface area contributed by atoms with Gasteiger partial charge in [-0.3, -0.25) is 24.0 Å². The van der Waals surface area contributed by atoms with Crippen molar-refractivity contribution in [3.05, 3.63) is 86.8 Å². The number of nitrogen functional groups attached to an aromatic ring is 1. The molecule has 0 saturated heterocycles. The summed E-state index contributed by atoms with van der Waals surface area (Å²) < 4.78 is 12.4. The molecule has 0 aliphatic carbocycles. The standard InChI is InChI=1S/C24H25N5O5/c1-3-4-12-28-20(25)19(21(30)27-24(28)32)29(14-17-11-8-13-33-17)23(31)18-15(2)34-22(26-18)16-9-6-5-7-10-16/h5-11,13H,3-4,12,14,25H2,1-2H3,(H,27,30,32). The van der Waals surface area contributed by atoms with Crippen LogP contribution in [0.25, 0.3) is 11.5 Å². The largest absolute Gasteiger partial charge is 0.467 e. The van der Waals surface area contributed by atoms with E-state index in [4.69, 9.17) is 14.6 Å². The molecule has 1 amide bonds. The van der Waals surface area contributed by atoms with Crippen molar-refractivity contribution >= 4 is 17.4 Å². The number of nitrogens with zero attached hydrogens (tertiary/aromatic N) is 3. The van der Waals surface area contributed by atoms with Crippen LogP contribution in [0.5, 0.6) is 0 Å². The number of nitrogens with one attached hydrogen (secondary N) is 1. The summed E-state index contributed by atoms with van der Waals surface area (Å²) in [5, 5.41) is 0. The number of anilines is 2. The van der Waals surface area contributed by atoms with Crippen LogP contribution in [0.3, 0.4) is 0 Å². The summed E-state index contributed by atoms with van der Waals surface area (Å²) in [7, 11) is 0. The minimum absolute atomic E-state index is 0.0236. The summed E-state index contributed by atoms with van der Waals surface area (Å²) in [4.78, 5) is 46.8. The third-order valence-corrected chi connectivity index (χ3v) is 5.38. The zero-order valence-electron chi connectivity index (χ0n) is 18.9. The van der Waals surface area contributed by atoms with Gasteiger partial charge in [-0.25, -0.2) is 9.78 Å². The van der Waals surface area contributed by atoms with Gasteiger partial charge in [0.05, 0.1) is 12.8 Å². The van der Waals surface area contributed by atoms with Gasteiger partial charge in [-0.05, 0) is 37.6 Å². The van der Waals surface area contributed by atoms with Gasteiger partial charge in [-0.2, -0.15) is 0 Å². The molecule has 0 bridgehead atoms. The highest BCUT2D eigenvalue weighted by molar-refractivity contribution is 6.06. The predicted molar refractivity (Wildman–Crippen MR) is 127 cm³/mol. The van der Waals surface area contributed by atoms with E-state index in [0.717, 1.165) is 11.3 Å². The predicted octanol–water partition coefficient (Wildman–Crippen LogP) is 3.32. The zero-order valence-corrected chi connectivity index (χ0v) is 18.9. The van der Waals surface area contributed by atoms with Crippen molar-refractivity contribution < 1.29 is 13.6 Å². The number of furan rings is 1. The Kier molecular flexibility index (Phi) is 6.48. The molecule has 10 nitrogen and oxygen atoms in total. The Morgan fingerprint density at radius 3 is 2.62 bits per heavy atom. The molecule has 0 aliphatic heterocycles. The van der Waals surface area contributed by atoms with E-state index in [-0.39, 0.29) is 35.4 Å². The summed E-state index contributed by atoms with van der Waals surface area (Å²) in [6.45, 7) is 3.79. The van der Waals surface area contributed by atoms with Crippen molar-refractivity contribution in [2.24, 2.45) is 0 Å². The summed E-state index contributed by atoms with van der Waals surface area (Å²) in [5.41, 5.74) is 5.44. The van der Waals surface area contributed by atoms with Gasteiger partial charge in [0.25, 0.3) is 11.5 Å². The van der Waals surface area contributed by atoms with E-state index < -0.39 is 17.2 Å². The van der Waals surface area contributed by atoms with Crippen molar-refractivity contribution in [1.82, 2.24) is 14.5 Å². The van der Waals surface area contributed by atoms with Crippen molar-refractivity contribution in [2.45, 2.75) is 39.8 Å². The SMILES string of the molecule is CCCCn1c(N)c(N(Cc2ccco2)C(=O)c2nc(-c3ccccc3)oc2C)c(=O)[nH]c1=O. The first-order chi connectivity index (χ1) is 16.4. The summed E-state index contributed by atoms with van der Waals surface area (Å²) in [6, 6.07) is 12.5. The first-order valence-electron chi connectivity index (χ1n) is 10.9. The Hall–Kier alpha value is -4.34. The van der Waals surface area contributed by atoms with E-state index in [0.29, 0.717) is 24.3 Å². The highest BCUT2D eigenvalue weighted by atomic mass is 16.4. The van der Waals surface area contributed by atoms with E-state index in [1.165, 1.54) is 10.8 Å². The third kappa shape index (κ3) is 4.42. The molecule has 0 fully saturated rings. The molecule has 1 aromatic carbocycles. The van der Waals surface area contributed by atoms with Crippen molar-refractivity contribution in [1.29, 1.82) is 0 Å². The van der Waals surface area contributed by atoms with Gasteiger partial charge < -0.3 is 14.6 Å².